The maximum atomic E-state index is 12.7. The van der Waals surface area contributed by atoms with Crippen molar-refractivity contribution in [2.75, 3.05) is 18.0 Å². The lowest BCUT2D eigenvalue weighted by Gasteiger charge is -2.29. The topological polar surface area (TPSA) is 108 Å². The molecule has 0 spiro atoms. The Morgan fingerprint density at radius 3 is 2.24 bits per heavy atom. The number of carbonyl (C=O) groups excluding carboxylic acids is 2. The number of amides is 1. The second kappa shape index (κ2) is 11.5. The molecule has 4 rings (SSSR count). The van der Waals surface area contributed by atoms with Crippen molar-refractivity contribution >= 4 is 17.6 Å². The Labute approximate surface area is 218 Å². The fraction of sp³-hybridized carbons (Fsp3) is 0.333. The molecule has 7 nitrogen and oxygen atoms in total. The van der Waals surface area contributed by atoms with Crippen molar-refractivity contribution in [3.05, 3.63) is 94.5 Å². The molecule has 0 bridgehead atoms. The third-order valence-corrected chi connectivity index (χ3v) is 7.03. The van der Waals surface area contributed by atoms with Crippen LogP contribution in [0.1, 0.15) is 70.5 Å². The van der Waals surface area contributed by atoms with Crippen molar-refractivity contribution in [2.24, 2.45) is 11.5 Å². The summed E-state index contributed by atoms with van der Waals surface area (Å²) in [6.45, 7) is 6.68. The van der Waals surface area contributed by atoms with Crippen LogP contribution in [0.5, 0.6) is 5.75 Å². The fourth-order valence-corrected chi connectivity index (χ4v) is 4.83. The number of primary amides is 1. The van der Waals surface area contributed by atoms with E-state index in [4.69, 9.17) is 21.2 Å². The van der Waals surface area contributed by atoms with Crippen molar-refractivity contribution < 1.29 is 19.4 Å². The zero-order valence-corrected chi connectivity index (χ0v) is 21.5. The summed E-state index contributed by atoms with van der Waals surface area (Å²) in [5, 5.41) is 0. The largest absolute Gasteiger partial charge is 0.386 e. The summed E-state index contributed by atoms with van der Waals surface area (Å²) in [4.78, 5) is 37.3. The van der Waals surface area contributed by atoms with Crippen LogP contribution in [0.3, 0.4) is 0 Å². The number of hydrogen-bond donors (Lipinski definition) is 2. The third-order valence-electron chi connectivity index (χ3n) is 7.03. The summed E-state index contributed by atoms with van der Waals surface area (Å²) in [6, 6.07) is 20.6. The van der Waals surface area contributed by atoms with Gasteiger partial charge < -0.3 is 16.4 Å². The monoisotopic (exact) mass is 501 g/mol. The molecule has 3 aromatic carbocycles. The van der Waals surface area contributed by atoms with Gasteiger partial charge in [0.05, 0.1) is 11.1 Å². The molecule has 1 aliphatic heterocycles. The van der Waals surface area contributed by atoms with E-state index in [-0.39, 0.29) is 16.7 Å². The second-order valence-corrected chi connectivity index (χ2v) is 10.2. The molecule has 0 aliphatic carbocycles. The Morgan fingerprint density at radius 2 is 1.59 bits per heavy atom. The van der Waals surface area contributed by atoms with Crippen LogP contribution < -0.4 is 21.3 Å². The first-order valence-corrected chi connectivity index (χ1v) is 12.7. The quantitative estimate of drug-likeness (QED) is 0.319. The average Bonchev–Trinajstić information content (AvgIpc) is 2.92. The highest BCUT2D eigenvalue weighted by molar-refractivity contribution is 5.97. The van der Waals surface area contributed by atoms with Crippen molar-refractivity contribution in [1.82, 2.24) is 0 Å². The van der Waals surface area contributed by atoms with Crippen LogP contribution in [0.4, 0.5) is 5.69 Å². The van der Waals surface area contributed by atoms with Crippen molar-refractivity contribution in [3.8, 4) is 5.75 Å². The minimum atomic E-state index is -0.659. The van der Waals surface area contributed by atoms with E-state index in [0.29, 0.717) is 12.1 Å². The van der Waals surface area contributed by atoms with E-state index < -0.39 is 11.9 Å². The lowest BCUT2D eigenvalue weighted by Crippen LogP contribution is -2.29. The Hall–Kier alpha value is -3.84. The number of rotatable bonds is 9. The Balaban J connectivity index is 1.42. The molecule has 1 heterocycles. The van der Waals surface area contributed by atoms with Gasteiger partial charge in [0.25, 0.3) is 5.91 Å². The normalized spacial score (nSPS) is 13.8. The molecule has 0 atom stereocenters. The second-order valence-electron chi connectivity index (χ2n) is 10.2. The van der Waals surface area contributed by atoms with Crippen molar-refractivity contribution in [1.29, 1.82) is 0 Å². The van der Waals surface area contributed by atoms with Gasteiger partial charge in [0.15, 0.2) is 5.75 Å². The van der Waals surface area contributed by atoms with Gasteiger partial charge in [-0.3, -0.25) is 9.68 Å². The molecule has 37 heavy (non-hydrogen) atoms. The minimum Gasteiger partial charge on any atom is -0.372 e. The highest BCUT2D eigenvalue weighted by Crippen LogP contribution is 2.30. The summed E-state index contributed by atoms with van der Waals surface area (Å²) in [7, 11) is 0. The number of anilines is 1. The van der Waals surface area contributed by atoms with E-state index in [0.717, 1.165) is 49.2 Å². The molecule has 1 saturated heterocycles. The number of hydrogen-bond acceptors (Lipinski definition) is 6. The summed E-state index contributed by atoms with van der Waals surface area (Å²) in [5.41, 5.74) is 16.2. The van der Waals surface area contributed by atoms with E-state index in [9.17, 15) is 9.59 Å². The van der Waals surface area contributed by atoms with E-state index in [1.807, 2.05) is 30.3 Å². The van der Waals surface area contributed by atoms with Gasteiger partial charge in [-0.25, -0.2) is 9.68 Å². The van der Waals surface area contributed by atoms with Crippen LogP contribution in [0.2, 0.25) is 0 Å². The first-order chi connectivity index (χ1) is 17.8. The first kappa shape index (κ1) is 26.2. The highest BCUT2D eigenvalue weighted by atomic mass is 17.2. The molecule has 4 N–H and O–H groups in total. The number of piperidine rings is 1. The van der Waals surface area contributed by atoms with E-state index in [1.165, 1.54) is 12.0 Å². The lowest BCUT2D eigenvalue weighted by atomic mass is 9.78. The maximum absolute atomic E-state index is 12.7. The van der Waals surface area contributed by atoms with Crippen LogP contribution in [0, 0.1) is 0 Å². The van der Waals surface area contributed by atoms with Gasteiger partial charge >= 0.3 is 5.97 Å². The SMILES string of the molecule is CC(C)(Cc1ccccc1CN)c1ccc(C(=O)OOc2ccc(N3CCCCC3)cc2C(N)=O)cc1. The molecule has 0 saturated carbocycles. The van der Waals surface area contributed by atoms with Crippen LogP contribution in [0.25, 0.3) is 0 Å². The van der Waals surface area contributed by atoms with Gasteiger partial charge in [0, 0.05) is 25.3 Å². The van der Waals surface area contributed by atoms with Gasteiger partial charge in [0.1, 0.15) is 0 Å². The van der Waals surface area contributed by atoms with Crippen LogP contribution >= 0.6 is 0 Å². The number of nitrogens with two attached hydrogens (primary N) is 2. The Kier molecular flexibility index (Phi) is 8.14. The zero-order valence-electron chi connectivity index (χ0n) is 21.5. The molecular formula is C30H35N3O4. The fourth-order valence-electron chi connectivity index (χ4n) is 4.83. The van der Waals surface area contributed by atoms with Gasteiger partial charge in [-0.05, 0) is 78.1 Å². The average molecular weight is 502 g/mol. The molecule has 1 amide bonds. The van der Waals surface area contributed by atoms with E-state index >= 15 is 0 Å². The van der Waals surface area contributed by atoms with Gasteiger partial charge in [-0.15, -0.1) is 0 Å². The number of benzene rings is 3. The zero-order chi connectivity index (χ0) is 26.4. The summed E-state index contributed by atoms with van der Waals surface area (Å²) in [5.74, 6) is -1.20. The van der Waals surface area contributed by atoms with Gasteiger partial charge in [-0.2, -0.15) is 0 Å². The summed E-state index contributed by atoms with van der Waals surface area (Å²) in [6.07, 6.45) is 4.24. The van der Waals surface area contributed by atoms with E-state index in [1.54, 1.807) is 24.3 Å². The minimum absolute atomic E-state index is 0.109. The highest BCUT2D eigenvalue weighted by Gasteiger charge is 2.23. The predicted molar refractivity (Wildman–Crippen MR) is 145 cm³/mol. The molecule has 0 radical (unpaired) electrons. The molecule has 194 valence electrons. The van der Waals surface area contributed by atoms with Crippen molar-refractivity contribution in [3.63, 3.8) is 0 Å². The molecular weight excluding hydrogens is 466 g/mol. The van der Waals surface area contributed by atoms with Gasteiger partial charge in [0.2, 0.25) is 0 Å². The Bertz CT molecular complexity index is 1250. The molecule has 0 unspecified atom stereocenters. The van der Waals surface area contributed by atoms with Crippen LogP contribution in [0.15, 0.2) is 66.7 Å². The Morgan fingerprint density at radius 1 is 0.919 bits per heavy atom. The molecule has 7 heteroatoms. The predicted octanol–water partition coefficient (Wildman–Crippen LogP) is 4.91. The van der Waals surface area contributed by atoms with E-state index in [2.05, 4.69) is 30.9 Å². The van der Waals surface area contributed by atoms with Crippen LogP contribution in [-0.4, -0.2) is 25.0 Å². The first-order valence-electron chi connectivity index (χ1n) is 12.7. The number of carbonyl (C=O) groups is 2. The smallest absolute Gasteiger partial charge is 0.372 e. The van der Waals surface area contributed by atoms with Crippen molar-refractivity contribution in [2.45, 2.75) is 51.5 Å². The third kappa shape index (κ3) is 6.30. The summed E-state index contributed by atoms with van der Waals surface area (Å²) >= 11 is 0. The molecule has 1 aliphatic rings. The maximum Gasteiger partial charge on any atom is 0.386 e. The lowest BCUT2D eigenvalue weighted by molar-refractivity contribution is -0.149. The molecule has 3 aromatic rings. The number of nitrogens with zero attached hydrogens (tertiary/aromatic N) is 1. The van der Waals surface area contributed by atoms with Crippen LogP contribution in [-0.2, 0) is 23.3 Å². The summed E-state index contributed by atoms with van der Waals surface area (Å²) < 4.78 is 0. The molecule has 0 aromatic heterocycles. The molecule has 1 fully saturated rings. The standard InChI is InChI=1S/C30H35N3O4/c1-30(2,19-22-8-4-5-9-23(22)20-31)24-12-10-21(11-13-24)29(35)37-36-27-15-14-25(18-26(27)28(32)34)33-16-6-3-7-17-33/h4-5,8-15,18H,3,6-7,16-17,19-20,31H2,1-2H3,(H2,32,34). The van der Waals surface area contributed by atoms with Gasteiger partial charge in [-0.1, -0.05) is 50.2 Å².